The Labute approximate surface area is 214 Å². The molecule has 0 fully saturated rings. The van der Waals surface area contributed by atoms with E-state index in [0.29, 0.717) is 11.5 Å². The molecule has 0 atom stereocenters. The number of allylic oxidation sites excluding steroid dienone is 1. The van der Waals surface area contributed by atoms with Crippen LogP contribution in [-0.4, -0.2) is 12.7 Å². The van der Waals surface area contributed by atoms with E-state index in [1.54, 1.807) is 0 Å². The minimum Gasteiger partial charge on any atom is -0.445 e. The molecule has 0 saturated carbocycles. The third-order valence-corrected chi connectivity index (χ3v) is 7.44. The summed E-state index contributed by atoms with van der Waals surface area (Å²) in [6.07, 6.45) is 1.49. The maximum absolute atomic E-state index is 13.4. The van der Waals surface area contributed by atoms with E-state index in [1.807, 2.05) is 72.8 Å². The van der Waals surface area contributed by atoms with Crippen molar-refractivity contribution in [2.45, 2.75) is 11.5 Å². The molecular weight excluding hydrogens is 539 g/mol. The van der Waals surface area contributed by atoms with E-state index >= 15 is 0 Å². The second-order valence-corrected chi connectivity index (χ2v) is 10.6. The summed E-state index contributed by atoms with van der Waals surface area (Å²) in [4.78, 5) is 0. The Morgan fingerprint density at radius 1 is 0.711 bits per heavy atom. The van der Waals surface area contributed by atoms with Crippen LogP contribution in [-0.2, 0) is 25.6 Å². The average Bonchev–Trinajstić information content (AvgIpc) is 2.88. The molecule has 13 heteroatoms. The molecule has 0 aliphatic carbocycles. The molecule has 0 spiro atoms. The molecule has 198 valence electrons. The number of hydrogen-bond donors (Lipinski definition) is 0. The van der Waals surface area contributed by atoms with Gasteiger partial charge in [0.15, 0.2) is 17.5 Å². The van der Waals surface area contributed by atoms with Crippen LogP contribution in [0.5, 0.6) is 0 Å². The van der Waals surface area contributed by atoms with E-state index in [0.717, 1.165) is 11.1 Å². The van der Waals surface area contributed by atoms with Crippen molar-refractivity contribution in [2.75, 3.05) is 5.75 Å². The molecule has 0 heterocycles. The van der Waals surface area contributed by atoms with Crippen molar-refractivity contribution < 1.29 is 39.1 Å². The molecule has 0 aromatic heterocycles. The average molecular weight is 556 g/mol. The summed E-state index contributed by atoms with van der Waals surface area (Å²) in [7, 11) is -2.29. The van der Waals surface area contributed by atoms with Crippen LogP contribution in [0.25, 0.3) is 0 Å². The smallest absolute Gasteiger partial charge is 0.445 e. The van der Waals surface area contributed by atoms with Crippen molar-refractivity contribution in [1.82, 2.24) is 0 Å². The summed E-state index contributed by atoms with van der Waals surface area (Å²) in [5, 5.41) is 17.7. The first kappa shape index (κ1) is 30.3. The standard InChI is InChI=1S/C19H17N2OS.C6BF8/c20-13-19(14-21)11-12-23(22,15-17-7-3-1-4-8-17)16-18-9-5-2-6-10-18;8-2-1(7(13,14)15)3(9)5(11)6(12)4(2)10/h1-11H,12,15-16H2;/q+1;-1. The highest BCUT2D eigenvalue weighted by Crippen LogP contribution is 2.22. The number of benzene rings is 3. The summed E-state index contributed by atoms with van der Waals surface area (Å²) in [5.74, 6) is -12.5. The topological polar surface area (TPSA) is 64.7 Å². The molecule has 3 aromatic carbocycles. The molecule has 0 saturated heterocycles. The number of halogens is 8. The van der Waals surface area contributed by atoms with Crippen LogP contribution < -0.4 is 5.46 Å². The zero-order chi connectivity index (χ0) is 28.5. The normalized spacial score (nSPS) is 11.0. The third-order valence-electron chi connectivity index (χ3n) is 4.95. The van der Waals surface area contributed by atoms with Crippen LogP contribution in [0.4, 0.5) is 34.9 Å². The van der Waals surface area contributed by atoms with Crippen molar-refractivity contribution in [3.8, 4) is 12.1 Å². The van der Waals surface area contributed by atoms with Crippen LogP contribution >= 0.6 is 0 Å². The predicted molar refractivity (Wildman–Crippen MR) is 127 cm³/mol. The van der Waals surface area contributed by atoms with E-state index < -0.39 is 51.5 Å². The Hall–Kier alpha value is -3.97. The van der Waals surface area contributed by atoms with E-state index in [1.165, 1.54) is 6.08 Å². The van der Waals surface area contributed by atoms with Gasteiger partial charge in [0, 0.05) is 11.1 Å². The van der Waals surface area contributed by atoms with Crippen LogP contribution in [0.3, 0.4) is 0 Å². The molecule has 0 amide bonds. The Morgan fingerprint density at radius 3 is 1.42 bits per heavy atom. The lowest BCUT2D eigenvalue weighted by molar-refractivity contribution is 0.377. The van der Waals surface area contributed by atoms with Gasteiger partial charge in [0.2, 0.25) is 0 Å². The maximum atomic E-state index is 13.4. The molecule has 0 bridgehead atoms. The van der Waals surface area contributed by atoms with Crippen molar-refractivity contribution in [3.05, 3.63) is 113 Å². The van der Waals surface area contributed by atoms with E-state index in [4.69, 9.17) is 10.5 Å². The first-order valence-electron chi connectivity index (χ1n) is 10.6. The summed E-state index contributed by atoms with van der Waals surface area (Å²) >= 11 is 0. The van der Waals surface area contributed by atoms with Gasteiger partial charge in [0.25, 0.3) is 0 Å². The zero-order valence-corrected chi connectivity index (χ0v) is 20.1. The van der Waals surface area contributed by atoms with E-state index in [9.17, 15) is 39.1 Å². The second-order valence-electron chi connectivity index (χ2n) is 7.79. The molecular formula is C25H17BF8N2OS. The minimum absolute atomic E-state index is 0.0128. The van der Waals surface area contributed by atoms with Crippen LogP contribution in [0, 0.1) is 51.7 Å². The van der Waals surface area contributed by atoms with Gasteiger partial charge in [-0.25, -0.2) is 22.0 Å². The largest absolute Gasteiger partial charge is 0.515 e. The van der Waals surface area contributed by atoms with Gasteiger partial charge in [-0.15, -0.1) is 4.21 Å². The third kappa shape index (κ3) is 8.02. The quantitative estimate of drug-likeness (QED) is 0.0858. The molecule has 0 aliphatic heterocycles. The van der Waals surface area contributed by atoms with Crippen molar-refractivity contribution in [1.29, 1.82) is 10.5 Å². The molecule has 0 N–H and O–H groups in total. The zero-order valence-electron chi connectivity index (χ0n) is 19.3. The van der Waals surface area contributed by atoms with E-state index in [2.05, 4.69) is 0 Å². The Morgan fingerprint density at radius 2 is 1.08 bits per heavy atom. The minimum atomic E-state index is -6.30. The SMILES string of the molecule is Fc1c(F)c(F)c([B-](F)(F)F)c(F)c1F.N#CC(C#N)=CC[S+](=O)(Cc1ccccc1)Cc1ccccc1. The summed E-state index contributed by atoms with van der Waals surface area (Å²) in [6, 6.07) is 23.0. The van der Waals surface area contributed by atoms with Crippen molar-refractivity contribution in [3.63, 3.8) is 0 Å². The van der Waals surface area contributed by atoms with Crippen LogP contribution in [0.2, 0.25) is 0 Å². The second kappa shape index (κ2) is 13.0. The van der Waals surface area contributed by atoms with Crippen LogP contribution in [0.1, 0.15) is 11.1 Å². The molecule has 3 aromatic rings. The van der Waals surface area contributed by atoms with Gasteiger partial charge in [0.1, 0.15) is 46.6 Å². The fourth-order valence-electron chi connectivity index (χ4n) is 3.19. The fraction of sp³-hybridized carbons (Fsp3) is 0.120. The number of rotatable bonds is 7. The lowest BCUT2D eigenvalue weighted by atomic mass is 9.79. The maximum Gasteiger partial charge on any atom is 0.515 e. The number of nitriles is 2. The van der Waals surface area contributed by atoms with Gasteiger partial charge in [-0.3, -0.25) is 0 Å². The van der Waals surface area contributed by atoms with Gasteiger partial charge in [-0.05, 0) is 11.5 Å². The van der Waals surface area contributed by atoms with Crippen molar-refractivity contribution >= 4 is 22.4 Å². The van der Waals surface area contributed by atoms with Gasteiger partial charge < -0.3 is 12.9 Å². The summed E-state index contributed by atoms with van der Waals surface area (Å²) < 4.78 is 111. The van der Waals surface area contributed by atoms with Gasteiger partial charge >= 0.3 is 6.98 Å². The lowest BCUT2D eigenvalue weighted by Gasteiger charge is -2.17. The molecule has 38 heavy (non-hydrogen) atoms. The number of nitrogens with zero attached hydrogens (tertiary/aromatic N) is 2. The summed E-state index contributed by atoms with van der Waals surface area (Å²) in [5.41, 5.74) is -0.722. The predicted octanol–water partition coefficient (Wildman–Crippen LogP) is 6.30. The number of hydrogen-bond acceptors (Lipinski definition) is 3. The Bertz CT molecular complexity index is 1340. The lowest BCUT2D eigenvalue weighted by Crippen LogP contribution is -2.41. The Balaban J connectivity index is 0.000000293. The molecule has 3 rings (SSSR count). The molecule has 0 aliphatic rings. The summed E-state index contributed by atoms with van der Waals surface area (Å²) in [6.45, 7) is -6.30. The Kier molecular flexibility index (Phi) is 10.4. The first-order chi connectivity index (χ1) is 17.8. The van der Waals surface area contributed by atoms with Crippen molar-refractivity contribution in [2.24, 2.45) is 0 Å². The highest BCUT2D eigenvalue weighted by molar-refractivity contribution is 8.01. The molecule has 0 radical (unpaired) electrons. The van der Waals surface area contributed by atoms with Gasteiger partial charge in [0.05, 0.1) is 9.93 Å². The van der Waals surface area contributed by atoms with E-state index in [-0.39, 0.29) is 11.3 Å². The van der Waals surface area contributed by atoms with Gasteiger partial charge in [-0.1, -0.05) is 60.7 Å². The molecule has 0 unspecified atom stereocenters. The molecule has 3 nitrogen and oxygen atoms in total. The highest BCUT2D eigenvalue weighted by Gasteiger charge is 2.38. The monoisotopic (exact) mass is 556 g/mol. The van der Waals surface area contributed by atoms with Crippen LogP contribution in [0.15, 0.2) is 72.3 Å². The first-order valence-corrected chi connectivity index (χ1v) is 12.7. The highest BCUT2D eigenvalue weighted by atomic mass is 32.2. The fourth-order valence-corrected chi connectivity index (χ4v) is 5.59. The van der Waals surface area contributed by atoms with Gasteiger partial charge in [-0.2, -0.15) is 10.5 Å².